The van der Waals surface area contributed by atoms with Gasteiger partial charge in [-0.15, -0.1) is 0 Å². The Balaban J connectivity index is 2.17. The third-order valence-corrected chi connectivity index (χ3v) is 5.03. The van der Waals surface area contributed by atoms with Crippen molar-refractivity contribution in [2.75, 3.05) is 18.6 Å². The molecule has 100 valence electrons. The van der Waals surface area contributed by atoms with Gasteiger partial charge < -0.3 is 10.5 Å². The summed E-state index contributed by atoms with van der Waals surface area (Å²) in [5.74, 6) is -0.209. The molecule has 1 saturated heterocycles. The number of hydrogen-bond donors (Lipinski definition) is 1. The average Bonchev–Trinajstić information content (AvgIpc) is 2.53. The Kier molecular flexibility index (Phi) is 3.33. The summed E-state index contributed by atoms with van der Waals surface area (Å²) >= 11 is 0. The van der Waals surface area contributed by atoms with Crippen LogP contribution in [-0.2, 0) is 16.3 Å². The van der Waals surface area contributed by atoms with E-state index in [0.717, 1.165) is 0 Å². The van der Waals surface area contributed by atoms with Crippen LogP contribution in [0.4, 0.5) is 4.39 Å². The molecule has 0 bridgehead atoms. The lowest BCUT2D eigenvalue weighted by Crippen LogP contribution is -2.43. The van der Waals surface area contributed by atoms with Gasteiger partial charge in [0.2, 0.25) is 0 Å². The van der Waals surface area contributed by atoms with Crippen molar-refractivity contribution in [3.05, 3.63) is 29.6 Å². The zero-order valence-corrected chi connectivity index (χ0v) is 11.0. The lowest BCUT2D eigenvalue weighted by Gasteiger charge is -2.22. The Morgan fingerprint density at radius 1 is 1.50 bits per heavy atom. The molecule has 1 aromatic carbocycles. The molecule has 2 rings (SSSR count). The molecule has 1 fully saturated rings. The molecule has 0 aliphatic carbocycles. The maximum Gasteiger partial charge on any atom is 0.165 e. The molecule has 0 spiro atoms. The number of sulfone groups is 1. The van der Waals surface area contributed by atoms with Crippen LogP contribution in [-0.4, -0.2) is 32.6 Å². The molecule has 1 aliphatic rings. The fourth-order valence-electron chi connectivity index (χ4n) is 2.31. The van der Waals surface area contributed by atoms with Gasteiger partial charge in [0, 0.05) is 5.54 Å². The predicted octanol–water partition coefficient (Wildman–Crippen LogP) is 0.893. The smallest absolute Gasteiger partial charge is 0.165 e. The number of benzene rings is 1. The standard InChI is InChI=1S/C12H16FNO3S/c1-17-11-3-2-9(6-10(11)13)7-12(14)4-5-18(15,16)8-12/h2-3,6H,4-5,7-8,14H2,1H3. The van der Waals surface area contributed by atoms with Gasteiger partial charge in [-0.1, -0.05) is 6.07 Å². The van der Waals surface area contributed by atoms with Crippen molar-refractivity contribution in [2.45, 2.75) is 18.4 Å². The van der Waals surface area contributed by atoms with Crippen molar-refractivity contribution < 1.29 is 17.5 Å². The van der Waals surface area contributed by atoms with Crippen molar-refractivity contribution in [3.8, 4) is 5.75 Å². The second-order valence-electron chi connectivity index (χ2n) is 4.85. The molecule has 4 nitrogen and oxygen atoms in total. The van der Waals surface area contributed by atoms with Gasteiger partial charge in [0.1, 0.15) is 0 Å². The maximum absolute atomic E-state index is 13.5. The minimum Gasteiger partial charge on any atom is -0.494 e. The molecule has 0 aromatic heterocycles. The minimum atomic E-state index is -3.04. The normalized spacial score (nSPS) is 26.2. The first-order valence-corrected chi connectivity index (χ1v) is 7.47. The van der Waals surface area contributed by atoms with Crippen molar-refractivity contribution in [2.24, 2.45) is 5.73 Å². The first-order valence-electron chi connectivity index (χ1n) is 5.65. The highest BCUT2D eigenvalue weighted by Gasteiger charge is 2.38. The van der Waals surface area contributed by atoms with E-state index in [-0.39, 0.29) is 17.3 Å². The van der Waals surface area contributed by atoms with Crippen LogP contribution in [0.2, 0.25) is 0 Å². The Morgan fingerprint density at radius 2 is 2.22 bits per heavy atom. The number of rotatable bonds is 3. The molecule has 1 atom stereocenters. The van der Waals surface area contributed by atoms with E-state index < -0.39 is 21.2 Å². The van der Waals surface area contributed by atoms with Crippen LogP contribution in [0.5, 0.6) is 5.75 Å². The molecule has 0 saturated carbocycles. The van der Waals surface area contributed by atoms with Crippen molar-refractivity contribution in [1.82, 2.24) is 0 Å². The summed E-state index contributed by atoms with van der Waals surface area (Å²) in [4.78, 5) is 0. The molecule has 6 heteroatoms. The molecule has 2 N–H and O–H groups in total. The number of halogens is 1. The van der Waals surface area contributed by atoms with Crippen LogP contribution in [0.3, 0.4) is 0 Å². The first-order chi connectivity index (χ1) is 8.34. The summed E-state index contributed by atoms with van der Waals surface area (Å²) in [5.41, 5.74) is 5.96. The monoisotopic (exact) mass is 273 g/mol. The zero-order valence-electron chi connectivity index (χ0n) is 10.1. The van der Waals surface area contributed by atoms with Gasteiger partial charge in [0.25, 0.3) is 0 Å². The maximum atomic E-state index is 13.5. The fourth-order valence-corrected chi connectivity index (χ4v) is 4.29. The highest BCUT2D eigenvalue weighted by atomic mass is 32.2. The van der Waals surface area contributed by atoms with Crippen LogP contribution in [0, 0.1) is 5.82 Å². The molecule has 0 amide bonds. The highest BCUT2D eigenvalue weighted by molar-refractivity contribution is 7.91. The van der Waals surface area contributed by atoms with Crippen LogP contribution in [0.15, 0.2) is 18.2 Å². The van der Waals surface area contributed by atoms with Gasteiger partial charge >= 0.3 is 0 Å². The van der Waals surface area contributed by atoms with Gasteiger partial charge in [-0.05, 0) is 30.5 Å². The number of ether oxygens (including phenoxy) is 1. The van der Waals surface area contributed by atoms with Crippen LogP contribution < -0.4 is 10.5 Å². The molecule has 1 aliphatic heterocycles. The molecule has 18 heavy (non-hydrogen) atoms. The summed E-state index contributed by atoms with van der Waals surface area (Å²) in [7, 11) is -1.65. The van der Waals surface area contributed by atoms with Gasteiger partial charge in [-0.25, -0.2) is 12.8 Å². The third kappa shape index (κ3) is 2.81. The van der Waals surface area contributed by atoms with Crippen LogP contribution in [0.25, 0.3) is 0 Å². The molecular formula is C12H16FNO3S. The number of methoxy groups -OCH3 is 1. The molecular weight excluding hydrogens is 257 g/mol. The first kappa shape index (κ1) is 13.3. The lowest BCUT2D eigenvalue weighted by atomic mass is 9.91. The van der Waals surface area contributed by atoms with E-state index in [9.17, 15) is 12.8 Å². The Hall–Kier alpha value is -1.14. The van der Waals surface area contributed by atoms with Crippen molar-refractivity contribution >= 4 is 9.84 Å². The van der Waals surface area contributed by atoms with E-state index in [2.05, 4.69) is 0 Å². The van der Waals surface area contributed by atoms with Crippen LogP contribution >= 0.6 is 0 Å². The van der Waals surface area contributed by atoms with E-state index in [4.69, 9.17) is 10.5 Å². The SMILES string of the molecule is COc1ccc(CC2(N)CCS(=O)(=O)C2)cc1F. The van der Waals surface area contributed by atoms with E-state index in [1.165, 1.54) is 19.2 Å². The average molecular weight is 273 g/mol. The Morgan fingerprint density at radius 3 is 2.72 bits per heavy atom. The molecule has 1 unspecified atom stereocenters. The Bertz CT molecular complexity index is 558. The van der Waals surface area contributed by atoms with Gasteiger partial charge in [0.15, 0.2) is 21.4 Å². The fraction of sp³-hybridized carbons (Fsp3) is 0.500. The highest BCUT2D eigenvalue weighted by Crippen LogP contribution is 2.26. The lowest BCUT2D eigenvalue weighted by molar-refractivity contribution is 0.385. The van der Waals surface area contributed by atoms with E-state index in [1.807, 2.05) is 0 Å². The largest absolute Gasteiger partial charge is 0.494 e. The Labute approximate surface area is 106 Å². The number of hydrogen-bond acceptors (Lipinski definition) is 4. The molecule has 0 radical (unpaired) electrons. The van der Waals surface area contributed by atoms with Crippen molar-refractivity contribution in [1.29, 1.82) is 0 Å². The van der Waals surface area contributed by atoms with E-state index in [0.29, 0.717) is 18.4 Å². The summed E-state index contributed by atoms with van der Waals surface area (Å²) in [5, 5.41) is 0. The minimum absolute atomic E-state index is 0.0341. The number of nitrogens with two attached hydrogens (primary N) is 1. The van der Waals surface area contributed by atoms with Gasteiger partial charge in [0.05, 0.1) is 18.6 Å². The molecule has 1 heterocycles. The molecule has 1 aromatic rings. The van der Waals surface area contributed by atoms with Gasteiger partial charge in [-0.2, -0.15) is 0 Å². The second kappa shape index (κ2) is 4.51. The topological polar surface area (TPSA) is 69.4 Å². The summed E-state index contributed by atoms with van der Waals surface area (Å²) in [6.45, 7) is 0. The summed E-state index contributed by atoms with van der Waals surface area (Å²) in [6.07, 6.45) is 0.774. The van der Waals surface area contributed by atoms with E-state index >= 15 is 0 Å². The van der Waals surface area contributed by atoms with Gasteiger partial charge in [-0.3, -0.25) is 0 Å². The summed E-state index contributed by atoms with van der Waals surface area (Å²) in [6, 6.07) is 4.58. The van der Waals surface area contributed by atoms with E-state index in [1.54, 1.807) is 6.07 Å². The quantitative estimate of drug-likeness (QED) is 0.888. The predicted molar refractivity (Wildman–Crippen MR) is 66.8 cm³/mol. The summed E-state index contributed by atoms with van der Waals surface area (Å²) < 4.78 is 41.2. The van der Waals surface area contributed by atoms with Crippen LogP contribution in [0.1, 0.15) is 12.0 Å². The van der Waals surface area contributed by atoms with Crippen molar-refractivity contribution in [3.63, 3.8) is 0 Å². The third-order valence-electron chi connectivity index (χ3n) is 3.19. The second-order valence-corrected chi connectivity index (χ2v) is 7.03. The zero-order chi connectivity index (χ0) is 13.4.